The zero-order chi connectivity index (χ0) is 15.2. The molecule has 1 aliphatic rings. The van der Waals surface area contributed by atoms with Crippen LogP contribution in [-0.2, 0) is 16.1 Å². The minimum Gasteiger partial charge on any atom is -0.493 e. The predicted octanol–water partition coefficient (Wildman–Crippen LogP) is 1.99. The molecule has 1 fully saturated rings. The number of benzene rings is 1. The summed E-state index contributed by atoms with van der Waals surface area (Å²) in [6.45, 7) is 8.73. The maximum atomic E-state index is 10.5. The van der Waals surface area contributed by atoms with E-state index in [0.29, 0.717) is 0 Å². The Hall–Kier alpha value is -1.59. The largest absolute Gasteiger partial charge is 0.493 e. The molecule has 0 spiro atoms. The average molecular weight is 293 g/mol. The molecule has 1 aliphatic heterocycles. The summed E-state index contributed by atoms with van der Waals surface area (Å²) in [6.07, 6.45) is 0.0218. The van der Waals surface area contributed by atoms with E-state index in [4.69, 9.17) is 14.6 Å². The van der Waals surface area contributed by atoms with Crippen molar-refractivity contribution in [3.05, 3.63) is 28.8 Å². The van der Waals surface area contributed by atoms with Gasteiger partial charge in [0.1, 0.15) is 5.75 Å². The zero-order valence-electron chi connectivity index (χ0n) is 12.7. The zero-order valence-corrected chi connectivity index (χ0v) is 12.7. The fourth-order valence-electron chi connectivity index (χ4n) is 2.42. The number of rotatable bonds is 6. The van der Waals surface area contributed by atoms with E-state index in [0.717, 1.165) is 44.2 Å². The van der Waals surface area contributed by atoms with Crippen LogP contribution in [0.1, 0.15) is 23.1 Å². The highest BCUT2D eigenvalue weighted by atomic mass is 16.5. The standard InChI is InChI=1S/C16H23NO4/c1-12-10-15(21-6-3-16(18)19)13(2)9-14(12)11-17-4-7-20-8-5-17/h9-10H,3-8,11H2,1-2H3,(H,18,19). The second kappa shape index (κ2) is 7.43. The first-order valence-electron chi connectivity index (χ1n) is 7.31. The number of morpholine rings is 1. The van der Waals surface area contributed by atoms with E-state index >= 15 is 0 Å². The van der Waals surface area contributed by atoms with Gasteiger partial charge in [-0.25, -0.2) is 0 Å². The van der Waals surface area contributed by atoms with E-state index in [2.05, 4.69) is 17.9 Å². The van der Waals surface area contributed by atoms with Crippen LogP contribution < -0.4 is 4.74 Å². The first-order valence-corrected chi connectivity index (χ1v) is 7.31. The monoisotopic (exact) mass is 293 g/mol. The average Bonchev–Trinajstić information content (AvgIpc) is 2.45. The van der Waals surface area contributed by atoms with Crippen LogP contribution in [0.5, 0.6) is 5.75 Å². The van der Waals surface area contributed by atoms with Crippen molar-refractivity contribution in [2.24, 2.45) is 0 Å². The number of carbonyl (C=O) groups is 1. The van der Waals surface area contributed by atoms with Crippen LogP contribution in [0.4, 0.5) is 0 Å². The number of hydrogen-bond donors (Lipinski definition) is 1. The maximum Gasteiger partial charge on any atom is 0.306 e. The fourth-order valence-corrected chi connectivity index (χ4v) is 2.42. The molecule has 0 atom stereocenters. The molecule has 116 valence electrons. The van der Waals surface area contributed by atoms with Gasteiger partial charge in [0.15, 0.2) is 0 Å². The molecule has 0 bridgehead atoms. The highest BCUT2D eigenvalue weighted by Gasteiger charge is 2.13. The minimum atomic E-state index is -0.840. The number of hydrogen-bond acceptors (Lipinski definition) is 4. The molecule has 1 N–H and O–H groups in total. The Morgan fingerprint density at radius 3 is 2.67 bits per heavy atom. The summed E-state index contributed by atoms with van der Waals surface area (Å²) in [4.78, 5) is 12.9. The van der Waals surface area contributed by atoms with Crippen LogP contribution in [-0.4, -0.2) is 48.9 Å². The molecule has 0 aromatic heterocycles. The van der Waals surface area contributed by atoms with Crippen molar-refractivity contribution in [2.45, 2.75) is 26.8 Å². The van der Waals surface area contributed by atoms with E-state index in [-0.39, 0.29) is 13.0 Å². The van der Waals surface area contributed by atoms with Crippen molar-refractivity contribution in [1.29, 1.82) is 0 Å². The first-order chi connectivity index (χ1) is 10.1. The smallest absolute Gasteiger partial charge is 0.306 e. The second-order valence-corrected chi connectivity index (χ2v) is 5.42. The quantitative estimate of drug-likeness (QED) is 0.869. The van der Waals surface area contributed by atoms with Crippen LogP contribution in [0.15, 0.2) is 12.1 Å². The minimum absolute atomic E-state index is 0.0218. The van der Waals surface area contributed by atoms with E-state index < -0.39 is 5.97 Å². The summed E-state index contributed by atoms with van der Waals surface area (Å²) >= 11 is 0. The van der Waals surface area contributed by atoms with Gasteiger partial charge in [-0.3, -0.25) is 9.69 Å². The molecule has 1 heterocycles. The van der Waals surface area contributed by atoms with Gasteiger partial charge in [-0.15, -0.1) is 0 Å². The molecule has 0 saturated carbocycles. The molecule has 1 aromatic carbocycles. The molecule has 2 rings (SSSR count). The van der Waals surface area contributed by atoms with Gasteiger partial charge in [-0.05, 0) is 36.6 Å². The van der Waals surface area contributed by atoms with Crippen LogP contribution >= 0.6 is 0 Å². The lowest BCUT2D eigenvalue weighted by Gasteiger charge is -2.27. The molecule has 1 aromatic rings. The number of ether oxygens (including phenoxy) is 2. The first kappa shape index (κ1) is 15.8. The Morgan fingerprint density at radius 2 is 2.00 bits per heavy atom. The SMILES string of the molecule is Cc1cc(OCCC(=O)O)c(C)cc1CN1CCOCC1. The van der Waals surface area contributed by atoms with Gasteiger partial charge < -0.3 is 14.6 Å². The lowest BCUT2D eigenvalue weighted by molar-refractivity contribution is -0.137. The van der Waals surface area contributed by atoms with Gasteiger partial charge in [-0.2, -0.15) is 0 Å². The van der Waals surface area contributed by atoms with Crippen LogP contribution in [0.2, 0.25) is 0 Å². The molecule has 0 aliphatic carbocycles. The number of aryl methyl sites for hydroxylation is 2. The molecule has 21 heavy (non-hydrogen) atoms. The van der Waals surface area contributed by atoms with Gasteiger partial charge in [0.2, 0.25) is 0 Å². The molecule has 5 heteroatoms. The van der Waals surface area contributed by atoms with Gasteiger partial charge in [-0.1, -0.05) is 6.07 Å². The van der Waals surface area contributed by atoms with E-state index in [1.54, 1.807) is 0 Å². The third-order valence-electron chi connectivity index (χ3n) is 3.70. The summed E-state index contributed by atoms with van der Waals surface area (Å²) < 4.78 is 10.9. The summed E-state index contributed by atoms with van der Waals surface area (Å²) in [6, 6.07) is 4.15. The molecular formula is C16H23NO4. The van der Waals surface area contributed by atoms with Gasteiger partial charge in [0.05, 0.1) is 26.2 Å². The van der Waals surface area contributed by atoms with Crippen molar-refractivity contribution >= 4 is 5.97 Å². The van der Waals surface area contributed by atoms with Gasteiger partial charge in [0, 0.05) is 19.6 Å². The number of carboxylic acid groups (broad SMARTS) is 1. The molecule has 1 saturated heterocycles. The van der Waals surface area contributed by atoms with Crippen LogP contribution in [0.25, 0.3) is 0 Å². The Balaban J connectivity index is 2.00. The molecule has 0 unspecified atom stereocenters. The van der Waals surface area contributed by atoms with Crippen LogP contribution in [0.3, 0.4) is 0 Å². The highest BCUT2D eigenvalue weighted by molar-refractivity contribution is 5.66. The lowest BCUT2D eigenvalue weighted by atomic mass is 10.0. The summed E-state index contributed by atoms with van der Waals surface area (Å²) in [5.74, 6) is -0.0622. The van der Waals surface area contributed by atoms with Crippen molar-refractivity contribution in [2.75, 3.05) is 32.9 Å². The third-order valence-corrected chi connectivity index (χ3v) is 3.70. The highest BCUT2D eigenvalue weighted by Crippen LogP contribution is 2.24. The topological polar surface area (TPSA) is 59.0 Å². The Bertz CT molecular complexity index is 495. The predicted molar refractivity (Wildman–Crippen MR) is 79.8 cm³/mol. The summed E-state index contributed by atoms with van der Waals surface area (Å²) in [7, 11) is 0. The normalized spacial score (nSPS) is 15.9. The van der Waals surface area contributed by atoms with Crippen molar-refractivity contribution in [3.8, 4) is 5.75 Å². The molecular weight excluding hydrogens is 270 g/mol. The Morgan fingerprint density at radius 1 is 1.29 bits per heavy atom. The second-order valence-electron chi connectivity index (χ2n) is 5.42. The van der Waals surface area contributed by atoms with Crippen molar-refractivity contribution in [1.82, 2.24) is 4.90 Å². The summed E-state index contributed by atoms with van der Waals surface area (Å²) in [5, 5.41) is 8.65. The maximum absolute atomic E-state index is 10.5. The Labute approximate surface area is 125 Å². The third kappa shape index (κ3) is 4.72. The van der Waals surface area contributed by atoms with Gasteiger partial charge in [0.25, 0.3) is 0 Å². The van der Waals surface area contributed by atoms with E-state index in [1.165, 1.54) is 11.1 Å². The van der Waals surface area contributed by atoms with Gasteiger partial charge >= 0.3 is 5.97 Å². The fraction of sp³-hybridized carbons (Fsp3) is 0.562. The Kier molecular flexibility index (Phi) is 5.59. The van der Waals surface area contributed by atoms with E-state index in [9.17, 15) is 4.79 Å². The number of nitrogens with zero attached hydrogens (tertiary/aromatic N) is 1. The molecule has 0 radical (unpaired) electrons. The van der Waals surface area contributed by atoms with E-state index in [1.807, 2.05) is 13.0 Å². The number of carboxylic acids is 1. The number of aliphatic carboxylic acids is 1. The van der Waals surface area contributed by atoms with Crippen molar-refractivity contribution in [3.63, 3.8) is 0 Å². The molecule has 5 nitrogen and oxygen atoms in total. The van der Waals surface area contributed by atoms with Crippen LogP contribution in [0, 0.1) is 13.8 Å². The van der Waals surface area contributed by atoms with Crippen molar-refractivity contribution < 1.29 is 19.4 Å². The summed E-state index contributed by atoms with van der Waals surface area (Å²) in [5.41, 5.74) is 3.52. The molecule has 0 amide bonds. The lowest BCUT2D eigenvalue weighted by Crippen LogP contribution is -2.35.